The van der Waals surface area contributed by atoms with Gasteiger partial charge in [-0.25, -0.2) is 0 Å². The van der Waals surface area contributed by atoms with Crippen molar-refractivity contribution in [2.75, 3.05) is 19.6 Å². The molecule has 1 fully saturated rings. The molecule has 4 rings (SSSR count). The molecule has 2 atom stereocenters. The van der Waals surface area contributed by atoms with Crippen LogP contribution in [0.5, 0.6) is 0 Å². The molecular weight excluding hydrogens is 364 g/mol. The first-order valence-electron chi connectivity index (χ1n) is 9.18. The van der Waals surface area contributed by atoms with Crippen molar-refractivity contribution in [1.29, 1.82) is 0 Å². The van der Waals surface area contributed by atoms with Crippen LogP contribution in [0.15, 0.2) is 60.1 Å². The molecule has 7 heteroatoms. The topological polar surface area (TPSA) is 67.8 Å². The molecule has 0 bridgehead atoms. The second-order valence-corrected chi connectivity index (χ2v) is 7.41. The number of likely N-dealkylation sites (tertiary alicyclic amines) is 1. The van der Waals surface area contributed by atoms with Crippen molar-refractivity contribution in [3.05, 3.63) is 70.7 Å². The van der Waals surface area contributed by atoms with Crippen molar-refractivity contribution in [3.8, 4) is 0 Å². The zero-order valence-electron chi connectivity index (χ0n) is 14.9. The maximum Gasteiger partial charge on any atom is 0.269 e. The summed E-state index contributed by atoms with van der Waals surface area (Å²) in [6.07, 6.45) is 8.32. The number of carbonyl (C=O) groups excluding carboxylic acids is 1. The van der Waals surface area contributed by atoms with Crippen LogP contribution in [0.4, 0.5) is 0 Å². The van der Waals surface area contributed by atoms with E-state index in [0.29, 0.717) is 23.8 Å². The molecule has 0 aromatic heterocycles. The SMILES string of the molecule is O=C(NCc1ccccc1Cl)C1=C2C=CC=CN2C(CN2CCC(O)C2)N1. The Morgan fingerprint density at radius 1 is 1.33 bits per heavy atom. The number of β-amino-alcohol motifs (C(OH)–C–C–N with tert-alkyl or cyclic N) is 1. The van der Waals surface area contributed by atoms with Crippen molar-refractivity contribution < 1.29 is 9.90 Å². The minimum absolute atomic E-state index is 0.0347. The Balaban J connectivity index is 1.44. The summed E-state index contributed by atoms with van der Waals surface area (Å²) in [6, 6.07) is 7.49. The van der Waals surface area contributed by atoms with Gasteiger partial charge in [0.25, 0.3) is 5.91 Å². The minimum Gasteiger partial charge on any atom is -0.392 e. The van der Waals surface area contributed by atoms with Crippen molar-refractivity contribution in [1.82, 2.24) is 20.4 Å². The van der Waals surface area contributed by atoms with Gasteiger partial charge in [0, 0.05) is 37.4 Å². The fourth-order valence-electron chi connectivity index (χ4n) is 3.69. The van der Waals surface area contributed by atoms with E-state index in [9.17, 15) is 9.90 Å². The van der Waals surface area contributed by atoms with E-state index in [0.717, 1.165) is 30.8 Å². The van der Waals surface area contributed by atoms with Crippen LogP contribution in [0.25, 0.3) is 0 Å². The smallest absolute Gasteiger partial charge is 0.269 e. The van der Waals surface area contributed by atoms with Crippen LogP contribution < -0.4 is 10.6 Å². The highest BCUT2D eigenvalue weighted by Gasteiger charge is 2.35. The highest BCUT2D eigenvalue weighted by molar-refractivity contribution is 6.31. The summed E-state index contributed by atoms with van der Waals surface area (Å²) in [5.41, 5.74) is 2.31. The van der Waals surface area contributed by atoms with Crippen LogP contribution in [0.3, 0.4) is 0 Å². The van der Waals surface area contributed by atoms with E-state index in [1.807, 2.05) is 48.7 Å². The van der Waals surface area contributed by atoms with Crippen LogP contribution in [-0.2, 0) is 11.3 Å². The number of fused-ring (bicyclic) bond motifs is 1. The number of allylic oxidation sites excluding steroid dienone is 3. The lowest BCUT2D eigenvalue weighted by atomic mass is 10.2. The number of aliphatic hydroxyl groups is 1. The maximum atomic E-state index is 12.8. The van der Waals surface area contributed by atoms with E-state index in [-0.39, 0.29) is 18.2 Å². The molecule has 27 heavy (non-hydrogen) atoms. The fourth-order valence-corrected chi connectivity index (χ4v) is 3.90. The van der Waals surface area contributed by atoms with Gasteiger partial charge in [-0.1, -0.05) is 35.9 Å². The minimum atomic E-state index is -0.256. The summed E-state index contributed by atoms with van der Waals surface area (Å²) in [6.45, 7) is 2.66. The average Bonchev–Trinajstić information content (AvgIpc) is 3.25. The Hall–Kier alpha value is -2.28. The predicted octanol–water partition coefficient (Wildman–Crippen LogP) is 1.55. The average molecular weight is 387 g/mol. The molecule has 1 aromatic rings. The molecule has 3 N–H and O–H groups in total. The monoisotopic (exact) mass is 386 g/mol. The third-order valence-corrected chi connectivity index (χ3v) is 5.46. The van der Waals surface area contributed by atoms with Gasteiger partial charge in [0.15, 0.2) is 0 Å². The fraction of sp³-hybridized carbons (Fsp3) is 0.350. The van der Waals surface area contributed by atoms with Crippen molar-refractivity contribution in [2.45, 2.75) is 25.2 Å². The van der Waals surface area contributed by atoms with E-state index < -0.39 is 0 Å². The highest BCUT2D eigenvalue weighted by Crippen LogP contribution is 2.26. The summed E-state index contributed by atoms with van der Waals surface area (Å²) in [5.74, 6) is -0.154. The Labute approximate surface area is 163 Å². The largest absolute Gasteiger partial charge is 0.392 e. The molecule has 0 saturated carbocycles. The lowest BCUT2D eigenvalue weighted by molar-refractivity contribution is -0.118. The molecule has 142 valence electrons. The third-order valence-electron chi connectivity index (χ3n) is 5.10. The summed E-state index contributed by atoms with van der Waals surface area (Å²) in [7, 11) is 0. The van der Waals surface area contributed by atoms with E-state index in [1.165, 1.54) is 0 Å². The van der Waals surface area contributed by atoms with Gasteiger partial charge in [-0.15, -0.1) is 0 Å². The number of carbonyl (C=O) groups is 1. The molecule has 0 spiro atoms. The molecule has 3 heterocycles. The molecule has 1 amide bonds. The molecule has 0 aliphatic carbocycles. The zero-order valence-corrected chi connectivity index (χ0v) is 15.7. The molecular formula is C20H23ClN4O2. The van der Waals surface area contributed by atoms with Crippen LogP contribution in [0.2, 0.25) is 5.02 Å². The Kier molecular flexibility index (Phi) is 5.20. The van der Waals surface area contributed by atoms with Crippen molar-refractivity contribution >= 4 is 17.5 Å². The summed E-state index contributed by atoms with van der Waals surface area (Å²) in [4.78, 5) is 17.1. The Bertz CT molecular complexity index is 820. The molecule has 3 aliphatic heterocycles. The number of hydrogen-bond acceptors (Lipinski definition) is 5. The summed E-state index contributed by atoms with van der Waals surface area (Å²) in [5, 5.41) is 16.7. The van der Waals surface area contributed by atoms with Gasteiger partial charge in [-0.3, -0.25) is 9.69 Å². The van der Waals surface area contributed by atoms with Gasteiger partial charge in [0.2, 0.25) is 0 Å². The second-order valence-electron chi connectivity index (χ2n) is 7.00. The number of hydrogen-bond donors (Lipinski definition) is 3. The quantitative estimate of drug-likeness (QED) is 0.716. The number of benzene rings is 1. The van der Waals surface area contributed by atoms with Gasteiger partial charge in [0.05, 0.1) is 11.8 Å². The zero-order chi connectivity index (χ0) is 18.8. The Morgan fingerprint density at radius 3 is 2.96 bits per heavy atom. The summed E-state index contributed by atoms with van der Waals surface area (Å²) < 4.78 is 0. The molecule has 1 saturated heterocycles. The Morgan fingerprint density at radius 2 is 2.19 bits per heavy atom. The van der Waals surface area contributed by atoms with Crippen molar-refractivity contribution in [3.63, 3.8) is 0 Å². The van der Waals surface area contributed by atoms with Gasteiger partial charge < -0.3 is 20.6 Å². The number of nitrogens with zero attached hydrogens (tertiary/aromatic N) is 2. The molecule has 0 radical (unpaired) electrons. The van der Waals surface area contributed by atoms with Gasteiger partial charge in [-0.05, 0) is 30.2 Å². The van der Waals surface area contributed by atoms with Crippen LogP contribution in [-0.4, -0.2) is 52.7 Å². The van der Waals surface area contributed by atoms with E-state index >= 15 is 0 Å². The number of halogens is 1. The molecule has 1 aromatic carbocycles. The number of rotatable bonds is 5. The van der Waals surface area contributed by atoms with Gasteiger partial charge in [-0.2, -0.15) is 0 Å². The van der Waals surface area contributed by atoms with Crippen molar-refractivity contribution in [2.24, 2.45) is 0 Å². The lowest BCUT2D eigenvalue weighted by Crippen LogP contribution is -2.45. The predicted molar refractivity (Wildman–Crippen MR) is 104 cm³/mol. The van der Waals surface area contributed by atoms with Gasteiger partial charge in [0.1, 0.15) is 11.9 Å². The summed E-state index contributed by atoms with van der Waals surface area (Å²) >= 11 is 6.17. The normalized spacial score (nSPS) is 24.3. The van der Waals surface area contributed by atoms with E-state index in [1.54, 1.807) is 0 Å². The molecule has 6 nitrogen and oxygen atoms in total. The van der Waals surface area contributed by atoms with E-state index in [4.69, 9.17) is 11.6 Å². The first-order valence-corrected chi connectivity index (χ1v) is 9.55. The number of amides is 1. The van der Waals surface area contributed by atoms with Crippen LogP contribution in [0.1, 0.15) is 12.0 Å². The number of aliphatic hydroxyl groups excluding tert-OH is 1. The van der Waals surface area contributed by atoms with Crippen LogP contribution in [0, 0.1) is 0 Å². The third kappa shape index (κ3) is 3.88. The van der Waals surface area contributed by atoms with E-state index in [2.05, 4.69) is 20.4 Å². The highest BCUT2D eigenvalue weighted by atomic mass is 35.5. The maximum absolute atomic E-state index is 12.8. The standard InChI is InChI=1S/C20H23ClN4O2/c21-16-6-2-1-5-14(16)11-22-20(27)19-17-7-3-4-9-25(17)18(23-19)13-24-10-8-15(26)12-24/h1-7,9,15,18,23,26H,8,10-13H2,(H,22,27). The van der Waals surface area contributed by atoms with Gasteiger partial charge >= 0.3 is 0 Å². The van der Waals surface area contributed by atoms with Crippen LogP contribution >= 0.6 is 11.6 Å². The first kappa shape index (κ1) is 18.1. The first-order chi connectivity index (χ1) is 13.1. The molecule has 2 unspecified atom stereocenters. The second kappa shape index (κ2) is 7.76. The lowest BCUT2D eigenvalue weighted by Gasteiger charge is -2.29. The number of nitrogens with one attached hydrogen (secondary N) is 2. The molecule has 3 aliphatic rings.